The predicted molar refractivity (Wildman–Crippen MR) is 79.3 cm³/mol. The Kier molecular flexibility index (Phi) is 6.18. The molecule has 6 nitrogen and oxygen atoms in total. The maximum Gasteiger partial charge on any atom is 0.341 e. The second kappa shape index (κ2) is 7.45. The van der Waals surface area contributed by atoms with Crippen LogP contribution in [0.3, 0.4) is 0 Å². The number of carbonyl (C=O) groups excluding carboxylic acids is 2. The molecule has 2 amide bonds. The van der Waals surface area contributed by atoms with E-state index in [4.69, 9.17) is 0 Å². The van der Waals surface area contributed by atoms with Crippen molar-refractivity contribution in [3.8, 4) is 0 Å². The van der Waals surface area contributed by atoms with Crippen molar-refractivity contribution in [3.63, 3.8) is 0 Å². The molecular formula is C12H11BrF2N2O4S. The summed E-state index contributed by atoms with van der Waals surface area (Å²) in [5.41, 5.74) is -0.402. The number of nitrogens with one attached hydrogen (secondary N) is 2. The Balaban J connectivity index is 2.98. The number of alkyl halides is 2. The minimum absolute atomic E-state index is 0.0246. The van der Waals surface area contributed by atoms with Gasteiger partial charge in [-0.25, -0.2) is 8.42 Å². The number of hydrogen-bond donors (Lipinski definition) is 2. The van der Waals surface area contributed by atoms with E-state index in [9.17, 15) is 26.8 Å². The van der Waals surface area contributed by atoms with Crippen LogP contribution in [0.1, 0.15) is 0 Å². The van der Waals surface area contributed by atoms with E-state index < -0.39 is 38.0 Å². The molecule has 0 aliphatic rings. The molecule has 1 aromatic carbocycles. The number of para-hydroxylation sites is 1. The van der Waals surface area contributed by atoms with E-state index in [1.807, 2.05) is 5.32 Å². The molecule has 0 radical (unpaired) electrons. The highest BCUT2D eigenvalue weighted by molar-refractivity contribution is 9.11. The van der Waals surface area contributed by atoms with Crippen molar-refractivity contribution >= 4 is 43.3 Å². The van der Waals surface area contributed by atoms with Crippen LogP contribution < -0.4 is 10.6 Å². The standard InChI is InChI=1S/C12H11BrF2N2O4S/c1-7(13)6-16-10(18)11(19)17-8-4-2-3-5-9(8)22(20,21)12(14)15/h2-5,12H,1,6H2,(H,16,18)(H,17,19). The second-order valence-electron chi connectivity index (χ2n) is 3.96. The molecule has 0 aliphatic heterocycles. The zero-order chi connectivity index (χ0) is 16.9. The summed E-state index contributed by atoms with van der Waals surface area (Å²) in [7, 11) is -4.91. The van der Waals surface area contributed by atoms with Gasteiger partial charge in [-0.15, -0.1) is 0 Å². The van der Waals surface area contributed by atoms with Crippen LogP contribution >= 0.6 is 15.9 Å². The van der Waals surface area contributed by atoms with Crippen LogP contribution in [0.2, 0.25) is 0 Å². The van der Waals surface area contributed by atoms with E-state index in [0.717, 1.165) is 12.1 Å². The summed E-state index contributed by atoms with van der Waals surface area (Å²) in [5, 5.41) is 4.17. The zero-order valence-electron chi connectivity index (χ0n) is 11.0. The monoisotopic (exact) mass is 396 g/mol. The Bertz CT molecular complexity index is 707. The van der Waals surface area contributed by atoms with Crippen molar-refractivity contribution < 1.29 is 26.8 Å². The fraction of sp³-hybridized carbons (Fsp3) is 0.167. The molecule has 0 bridgehead atoms. The molecule has 0 heterocycles. The molecule has 120 valence electrons. The summed E-state index contributed by atoms with van der Waals surface area (Å²) in [4.78, 5) is 22.3. The summed E-state index contributed by atoms with van der Waals surface area (Å²) in [6.45, 7) is 3.42. The minimum atomic E-state index is -4.91. The van der Waals surface area contributed by atoms with Gasteiger partial charge in [-0.1, -0.05) is 34.6 Å². The maximum atomic E-state index is 12.6. The highest BCUT2D eigenvalue weighted by Gasteiger charge is 2.30. The molecule has 0 saturated carbocycles. The lowest BCUT2D eigenvalue weighted by molar-refractivity contribution is -0.136. The third-order valence-electron chi connectivity index (χ3n) is 2.32. The van der Waals surface area contributed by atoms with E-state index in [1.165, 1.54) is 12.1 Å². The Labute approximate surface area is 133 Å². The summed E-state index contributed by atoms with van der Waals surface area (Å²) in [6, 6.07) is 4.57. The number of carbonyl (C=O) groups is 2. The SMILES string of the molecule is C=C(Br)CNC(=O)C(=O)Nc1ccccc1S(=O)(=O)C(F)F. The van der Waals surface area contributed by atoms with E-state index in [1.54, 1.807) is 0 Å². The molecule has 0 aromatic heterocycles. The third-order valence-corrected chi connectivity index (χ3v) is 4.04. The van der Waals surface area contributed by atoms with Gasteiger partial charge in [0.05, 0.1) is 10.6 Å². The lowest BCUT2D eigenvalue weighted by atomic mass is 10.3. The second-order valence-corrected chi connectivity index (χ2v) is 6.96. The van der Waals surface area contributed by atoms with Gasteiger partial charge in [-0.3, -0.25) is 9.59 Å². The highest BCUT2D eigenvalue weighted by Crippen LogP contribution is 2.25. The molecule has 22 heavy (non-hydrogen) atoms. The fourth-order valence-corrected chi connectivity index (χ4v) is 2.38. The largest absolute Gasteiger partial charge is 0.343 e. The molecule has 1 aromatic rings. The van der Waals surface area contributed by atoms with Gasteiger partial charge < -0.3 is 10.6 Å². The van der Waals surface area contributed by atoms with Gasteiger partial charge in [0.15, 0.2) is 0 Å². The van der Waals surface area contributed by atoms with E-state index in [0.29, 0.717) is 4.48 Å². The van der Waals surface area contributed by atoms with Crippen LogP contribution in [0.15, 0.2) is 40.2 Å². The van der Waals surface area contributed by atoms with Crippen molar-refractivity contribution in [2.24, 2.45) is 0 Å². The first kappa shape index (κ1) is 18.2. The molecule has 0 aliphatic carbocycles. The number of hydrogen-bond acceptors (Lipinski definition) is 4. The van der Waals surface area contributed by atoms with Gasteiger partial charge in [-0.2, -0.15) is 8.78 Å². The third kappa shape index (κ3) is 4.60. The van der Waals surface area contributed by atoms with Crippen molar-refractivity contribution in [1.82, 2.24) is 5.32 Å². The Morgan fingerprint density at radius 2 is 1.82 bits per heavy atom. The number of anilines is 1. The van der Waals surface area contributed by atoms with Gasteiger partial charge in [-0.05, 0) is 12.1 Å². The van der Waals surface area contributed by atoms with Gasteiger partial charge in [0.1, 0.15) is 0 Å². The molecule has 10 heteroatoms. The molecule has 2 N–H and O–H groups in total. The van der Waals surface area contributed by atoms with E-state index >= 15 is 0 Å². The first-order valence-electron chi connectivity index (χ1n) is 5.69. The number of amides is 2. The zero-order valence-corrected chi connectivity index (χ0v) is 13.4. The Hall–Kier alpha value is -1.81. The van der Waals surface area contributed by atoms with Crippen LogP contribution in [0, 0.1) is 0 Å². The molecule has 0 spiro atoms. The summed E-state index contributed by atoms with van der Waals surface area (Å²) in [6.07, 6.45) is 0. The average molecular weight is 397 g/mol. The molecule has 0 atom stereocenters. The van der Waals surface area contributed by atoms with Crippen molar-refractivity contribution in [2.75, 3.05) is 11.9 Å². The van der Waals surface area contributed by atoms with E-state index in [2.05, 4.69) is 27.8 Å². The quantitative estimate of drug-likeness (QED) is 0.740. The fourth-order valence-electron chi connectivity index (χ4n) is 1.35. The number of rotatable bonds is 5. The van der Waals surface area contributed by atoms with Crippen LogP contribution in [-0.4, -0.2) is 32.5 Å². The van der Waals surface area contributed by atoms with Gasteiger partial charge in [0.25, 0.3) is 0 Å². The Morgan fingerprint density at radius 3 is 2.36 bits per heavy atom. The highest BCUT2D eigenvalue weighted by atomic mass is 79.9. The summed E-state index contributed by atoms with van der Waals surface area (Å²) in [5.74, 6) is -5.90. The van der Waals surface area contributed by atoms with Crippen molar-refractivity contribution in [2.45, 2.75) is 10.7 Å². The first-order chi connectivity index (χ1) is 10.2. The number of sulfone groups is 1. The molecule has 0 unspecified atom stereocenters. The van der Waals surface area contributed by atoms with Gasteiger partial charge in [0.2, 0.25) is 9.84 Å². The van der Waals surface area contributed by atoms with Crippen molar-refractivity contribution in [3.05, 3.63) is 35.3 Å². The Morgan fingerprint density at radius 1 is 1.23 bits per heavy atom. The van der Waals surface area contributed by atoms with Crippen molar-refractivity contribution in [1.29, 1.82) is 0 Å². The molecular weight excluding hydrogens is 386 g/mol. The number of halogens is 3. The van der Waals surface area contributed by atoms with E-state index in [-0.39, 0.29) is 6.54 Å². The molecule has 1 rings (SSSR count). The molecule has 0 fully saturated rings. The number of benzene rings is 1. The van der Waals surface area contributed by atoms with Crippen LogP contribution in [0.5, 0.6) is 0 Å². The maximum absolute atomic E-state index is 12.6. The normalized spacial score (nSPS) is 11.1. The summed E-state index contributed by atoms with van der Waals surface area (Å²) >= 11 is 2.97. The summed E-state index contributed by atoms with van der Waals surface area (Å²) < 4.78 is 48.6. The molecule has 0 saturated heterocycles. The smallest absolute Gasteiger partial charge is 0.341 e. The van der Waals surface area contributed by atoms with Gasteiger partial charge in [0, 0.05) is 11.0 Å². The van der Waals surface area contributed by atoms with Crippen LogP contribution in [0.25, 0.3) is 0 Å². The van der Waals surface area contributed by atoms with Crippen LogP contribution in [-0.2, 0) is 19.4 Å². The predicted octanol–water partition coefficient (Wildman–Crippen LogP) is 1.65. The lowest BCUT2D eigenvalue weighted by Gasteiger charge is -2.11. The average Bonchev–Trinajstić information content (AvgIpc) is 2.44. The lowest BCUT2D eigenvalue weighted by Crippen LogP contribution is -2.36. The topological polar surface area (TPSA) is 92.3 Å². The van der Waals surface area contributed by atoms with Gasteiger partial charge >= 0.3 is 17.6 Å². The first-order valence-corrected chi connectivity index (χ1v) is 8.03. The van der Waals surface area contributed by atoms with Crippen LogP contribution in [0.4, 0.5) is 14.5 Å². The minimum Gasteiger partial charge on any atom is -0.343 e.